The van der Waals surface area contributed by atoms with E-state index < -0.39 is 0 Å². The molecule has 0 unspecified atom stereocenters. The summed E-state index contributed by atoms with van der Waals surface area (Å²) in [5, 5.41) is 6.25. The van der Waals surface area contributed by atoms with Gasteiger partial charge in [-0.3, -0.25) is 14.5 Å². The summed E-state index contributed by atoms with van der Waals surface area (Å²) >= 11 is 0. The molecule has 0 radical (unpaired) electrons. The maximum Gasteiger partial charge on any atom is 0.293 e. The predicted molar refractivity (Wildman–Crippen MR) is 182 cm³/mol. The number of methoxy groups -OCH3 is 2. The van der Waals surface area contributed by atoms with E-state index in [2.05, 4.69) is 43.2 Å². The van der Waals surface area contributed by atoms with Gasteiger partial charge < -0.3 is 24.7 Å². The molecule has 0 aliphatic carbocycles. The van der Waals surface area contributed by atoms with Gasteiger partial charge in [0.2, 0.25) is 0 Å². The fraction of sp³-hybridized carbons (Fsp3) is 0.361. The van der Waals surface area contributed by atoms with Crippen LogP contribution < -0.4 is 20.9 Å². The number of aryl methyl sites for hydroxylation is 1. The lowest BCUT2D eigenvalue weighted by atomic mass is 9.86. The van der Waals surface area contributed by atoms with Crippen molar-refractivity contribution in [1.29, 1.82) is 0 Å². The third-order valence-corrected chi connectivity index (χ3v) is 7.94. The highest BCUT2D eigenvalue weighted by molar-refractivity contribution is 6.05. The lowest BCUT2D eigenvalue weighted by Gasteiger charge is -2.21. The van der Waals surface area contributed by atoms with E-state index in [4.69, 9.17) is 14.5 Å². The SMILES string of the molecule is CCN(CCOC)Cc1ccc(Nc2nc(-c3cccc(NC(=O)c4ccc(C(C)(C)C)cc4)c3C)cn(C)c2=O)cc1OC. The highest BCUT2D eigenvalue weighted by Crippen LogP contribution is 2.30. The average Bonchev–Trinajstić information content (AvgIpc) is 3.02. The number of anilines is 3. The van der Waals surface area contributed by atoms with E-state index in [9.17, 15) is 9.59 Å². The van der Waals surface area contributed by atoms with Crippen LogP contribution in [0, 0.1) is 6.92 Å². The summed E-state index contributed by atoms with van der Waals surface area (Å²) in [6, 6.07) is 19.2. The normalized spacial score (nSPS) is 11.5. The fourth-order valence-electron chi connectivity index (χ4n) is 5.08. The number of aromatic nitrogens is 2. The molecule has 0 aliphatic heterocycles. The van der Waals surface area contributed by atoms with Gasteiger partial charge >= 0.3 is 0 Å². The smallest absolute Gasteiger partial charge is 0.293 e. The number of benzene rings is 3. The van der Waals surface area contributed by atoms with E-state index in [0.29, 0.717) is 35.8 Å². The standard InChI is InChI=1S/C36H45N5O4/c1-9-41(19-20-44-7)22-26-15-18-28(21-32(26)45-8)37-33-35(43)40(6)23-31(38-33)29-11-10-12-30(24(29)2)39-34(42)25-13-16-27(17-14-25)36(3,4)5/h10-18,21,23H,9,19-20,22H2,1-8H3,(H,37,38)(H,39,42). The first-order valence-corrected chi connectivity index (χ1v) is 15.2. The van der Waals surface area contributed by atoms with E-state index in [1.54, 1.807) is 27.5 Å². The molecular formula is C36H45N5O4. The van der Waals surface area contributed by atoms with Gasteiger partial charge in [0.05, 0.1) is 19.4 Å². The van der Waals surface area contributed by atoms with Crippen LogP contribution in [0.1, 0.15) is 54.7 Å². The van der Waals surface area contributed by atoms with Crippen LogP contribution in [0.25, 0.3) is 11.3 Å². The molecule has 0 spiro atoms. The molecule has 0 saturated carbocycles. The van der Waals surface area contributed by atoms with Gasteiger partial charge in [0.1, 0.15) is 5.75 Å². The van der Waals surface area contributed by atoms with Gasteiger partial charge in [-0.05, 0) is 54.3 Å². The summed E-state index contributed by atoms with van der Waals surface area (Å²) < 4.78 is 12.4. The van der Waals surface area contributed by atoms with Gasteiger partial charge in [0, 0.05) is 67.6 Å². The highest BCUT2D eigenvalue weighted by atomic mass is 16.5. The van der Waals surface area contributed by atoms with Crippen molar-refractivity contribution in [2.24, 2.45) is 7.05 Å². The van der Waals surface area contributed by atoms with Crippen LogP contribution in [0.4, 0.5) is 17.2 Å². The number of amides is 1. The summed E-state index contributed by atoms with van der Waals surface area (Å²) in [6.07, 6.45) is 1.70. The number of carbonyl (C=O) groups is 1. The summed E-state index contributed by atoms with van der Waals surface area (Å²) in [4.78, 5) is 33.3. The number of likely N-dealkylation sites (N-methyl/N-ethyl adjacent to an activating group) is 1. The zero-order valence-corrected chi connectivity index (χ0v) is 27.7. The largest absolute Gasteiger partial charge is 0.496 e. The second kappa shape index (κ2) is 14.5. The topological polar surface area (TPSA) is 97.7 Å². The number of carbonyl (C=O) groups excluding carboxylic acids is 1. The van der Waals surface area contributed by atoms with Crippen LogP contribution >= 0.6 is 0 Å². The van der Waals surface area contributed by atoms with Gasteiger partial charge in [-0.15, -0.1) is 0 Å². The van der Waals surface area contributed by atoms with Crippen LogP contribution in [-0.2, 0) is 23.7 Å². The minimum atomic E-state index is -0.265. The molecule has 9 nitrogen and oxygen atoms in total. The molecule has 0 saturated heterocycles. The molecule has 0 aliphatic rings. The zero-order chi connectivity index (χ0) is 32.7. The van der Waals surface area contributed by atoms with Gasteiger partial charge in [-0.1, -0.05) is 58.0 Å². The number of hydrogen-bond acceptors (Lipinski definition) is 7. The van der Waals surface area contributed by atoms with Crippen molar-refractivity contribution < 1.29 is 14.3 Å². The Morgan fingerprint density at radius 1 is 1.04 bits per heavy atom. The van der Waals surface area contributed by atoms with Gasteiger partial charge in [0.15, 0.2) is 5.82 Å². The van der Waals surface area contributed by atoms with Crippen LogP contribution in [0.2, 0.25) is 0 Å². The van der Waals surface area contributed by atoms with E-state index in [0.717, 1.165) is 41.1 Å². The predicted octanol–water partition coefficient (Wildman–Crippen LogP) is 6.53. The third-order valence-electron chi connectivity index (χ3n) is 7.94. The average molecular weight is 612 g/mol. The van der Waals surface area contributed by atoms with E-state index in [-0.39, 0.29) is 22.7 Å². The number of ether oxygens (including phenoxy) is 2. The maximum absolute atomic E-state index is 13.1. The van der Waals surface area contributed by atoms with Crippen molar-refractivity contribution >= 4 is 23.1 Å². The quantitative estimate of drug-likeness (QED) is 0.188. The lowest BCUT2D eigenvalue weighted by Crippen LogP contribution is -2.27. The second-order valence-electron chi connectivity index (χ2n) is 12.2. The van der Waals surface area contributed by atoms with Crippen molar-refractivity contribution in [3.8, 4) is 17.0 Å². The minimum absolute atomic E-state index is 0.00657. The Balaban J connectivity index is 1.58. The fourth-order valence-corrected chi connectivity index (χ4v) is 5.08. The van der Waals surface area contributed by atoms with Crippen molar-refractivity contribution in [3.05, 3.63) is 99.5 Å². The highest BCUT2D eigenvalue weighted by Gasteiger charge is 2.17. The summed E-state index contributed by atoms with van der Waals surface area (Å²) in [6.45, 7) is 13.5. The number of nitrogens with one attached hydrogen (secondary N) is 2. The Hall–Kier alpha value is -4.47. The molecule has 1 aromatic heterocycles. The molecule has 238 valence electrons. The lowest BCUT2D eigenvalue weighted by molar-refractivity contribution is 0.102. The Labute approximate surface area is 266 Å². The molecular weight excluding hydrogens is 566 g/mol. The van der Waals surface area contributed by atoms with Crippen LogP contribution in [0.15, 0.2) is 71.7 Å². The van der Waals surface area contributed by atoms with Gasteiger partial charge in [-0.2, -0.15) is 0 Å². The van der Waals surface area contributed by atoms with Crippen LogP contribution in [-0.4, -0.2) is 54.3 Å². The third kappa shape index (κ3) is 8.17. The molecule has 0 fully saturated rings. The van der Waals surface area contributed by atoms with E-state index >= 15 is 0 Å². The van der Waals surface area contributed by atoms with Gasteiger partial charge in [0.25, 0.3) is 11.5 Å². The second-order valence-corrected chi connectivity index (χ2v) is 12.2. The Bertz CT molecular complexity index is 1690. The summed E-state index contributed by atoms with van der Waals surface area (Å²) in [7, 11) is 5.04. The van der Waals surface area contributed by atoms with Crippen LogP contribution in [0.5, 0.6) is 5.75 Å². The van der Waals surface area contributed by atoms with Gasteiger partial charge in [-0.25, -0.2) is 4.98 Å². The molecule has 2 N–H and O–H groups in total. The molecule has 9 heteroatoms. The molecule has 4 aromatic rings. The van der Waals surface area contributed by atoms with Crippen molar-refractivity contribution in [2.45, 2.75) is 46.6 Å². The van der Waals surface area contributed by atoms with E-state index in [1.807, 2.05) is 67.6 Å². The molecule has 45 heavy (non-hydrogen) atoms. The Kier molecular flexibility index (Phi) is 10.8. The van der Waals surface area contributed by atoms with E-state index in [1.165, 1.54) is 4.57 Å². The first-order valence-electron chi connectivity index (χ1n) is 15.2. The first-order chi connectivity index (χ1) is 21.4. The summed E-state index contributed by atoms with van der Waals surface area (Å²) in [5.41, 5.74) is 6.13. The summed E-state index contributed by atoms with van der Waals surface area (Å²) in [5.74, 6) is 0.716. The molecule has 1 heterocycles. The first kappa shape index (κ1) is 33.4. The Morgan fingerprint density at radius 2 is 1.78 bits per heavy atom. The zero-order valence-electron chi connectivity index (χ0n) is 27.7. The number of nitrogens with zero attached hydrogens (tertiary/aromatic N) is 3. The van der Waals surface area contributed by atoms with Crippen molar-refractivity contribution in [3.63, 3.8) is 0 Å². The number of hydrogen-bond donors (Lipinski definition) is 2. The molecule has 1 amide bonds. The monoisotopic (exact) mass is 611 g/mol. The number of rotatable bonds is 12. The maximum atomic E-state index is 13.1. The molecule has 4 rings (SSSR count). The molecule has 0 atom stereocenters. The van der Waals surface area contributed by atoms with Crippen molar-refractivity contribution in [1.82, 2.24) is 14.5 Å². The van der Waals surface area contributed by atoms with Crippen molar-refractivity contribution in [2.75, 3.05) is 44.5 Å². The Morgan fingerprint density at radius 3 is 2.42 bits per heavy atom. The molecule has 0 bridgehead atoms. The minimum Gasteiger partial charge on any atom is -0.496 e. The van der Waals surface area contributed by atoms with Crippen LogP contribution in [0.3, 0.4) is 0 Å². The molecule has 3 aromatic carbocycles.